The SMILES string of the molecule is CCCCOc1cccc(C(=O)NNC(=O)CCC(=O)Nc2ccc(Cl)cc2Cl)c1. The highest BCUT2D eigenvalue weighted by Gasteiger charge is 2.11. The smallest absolute Gasteiger partial charge is 0.269 e. The van der Waals surface area contributed by atoms with E-state index >= 15 is 0 Å². The van der Waals surface area contributed by atoms with Crippen molar-refractivity contribution in [3.63, 3.8) is 0 Å². The fourth-order valence-electron chi connectivity index (χ4n) is 2.35. The summed E-state index contributed by atoms with van der Waals surface area (Å²) in [5, 5.41) is 3.35. The summed E-state index contributed by atoms with van der Waals surface area (Å²) in [4.78, 5) is 36.1. The molecule has 0 fully saturated rings. The van der Waals surface area contributed by atoms with E-state index in [1.807, 2.05) is 0 Å². The second-order valence-corrected chi connectivity index (χ2v) is 7.25. The maximum absolute atomic E-state index is 12.2. The molecule has 0 saturated carbocycles. The molecule has 0 aliphatic heterocycles. The van der Waals surface area contributed by atoms with Crippen LogP contribution < -0.4 is 20.9 Å². The zero-order valence-electron chi connectivity index (χ0n) is 16.5. The maximum Gasteiger partial charge on any atom is 0.269 e. The van der Waals surface area contributed by atoms with Gasteiger partial charge in [0.15, 0.2) is 0 Å². The number of rotatable bonds is 9. The highest BCUT2D eigenvalue weighted by Crippen LogP contribution is 2.25. The van der Waals surface area contributed by atoms with Crippen molar-refractivity contribution in [1.29, 1.82) is 0 Å². The van der Waals surface area contributed by atoms with E-state index in [-0.39, 0.29) is 12.8 Å². The number of carbonyl (C=O) groups excluding carboxylic acids is 3. The molecule has 2 aromatic carbocycles. The van der Waals surface area contributed by atoms with E-state index in [1.54, 1.807) is 36.4 Å². The monoisotopic (exact) mass is 451 g/mol. The molecule has 2 aromatic rings. The number of hydrazine groups is 1. The van der Waals surface area contributed by atoms with Gasteiger partial charge < -0.3 is 10.1 Å². The quantitative estimate of drug-likeness (QED) is 0.389. The van der Waals surface area contributed by atoms with Crippen molar-refractivity contribution in [2.45, 2.75) is 32.6 Å². The summed E-state index contributed by atoms with van der Waals surface area (Å²) in [5.74, 6) is -0.796. The van der Waals surface area contributed by atoms with Crippen molar-refractivity contribution < 1.29 is 19.1 Å². The average Bonchev–Trinajstić information content (AvgIpc) is 2.73. The van der Waals surface area contributed by atoms with Crippen LogP contribution in [0.1, 0.15) is 43.0 Å². The van der Waals surface area contributed by atoms with Crippen molar-refractivity contribution in [3.05, 3.63) is 58.1 Å². The Hall–Kier alpha value is -2.77. The van der Waals surface area contributed by atoms with E-state index < -0.39 is 17.7 Å². The van der Waals surface area contributed by atoms with Gasteiger partial charge in [-0.3, -0.25) is 25.2 Å². The lowest BCUT2D eigenvalue weighted by molar-refractivity contribution is -0.124. The Labute approximate surface area is 185 Å². The number of carbonyl (C=O) groups is 3. The van der Waals surface area contributed by atoms with Crippen molar-refractivity contribution >= 4 is 46.6 Å². The molecule has 0 spiro atoms. The molecule has 7 nitrogen and oxygen atoms in total. The highest BCUT2D eigenvalue weighted by atomic mass is 35.5. The van der Waals surface area contributed by atoms with E-state index in [9.17, 15) is 14.4 Å². The minimum atomic E-state index is -0.504. The molecule has 30 heavy (non-hydrogen) atoms. The lowest BCUT2D eigenvalue weighted by Gasteiger charge is -2.10. The third kappa shape index (κ3) is 7.93. The summed E-state index contributed by atoms with van der Waals surface area (Å²) >= 11 is 11.8. The van der Waals surface area contributed by atoms with E-state index in [4.69, 9.17) is 27.9 Å². The van der Waals surface area contributed by atoms with E-state index in [0.717, 1.165) is 12.8 Å². The van der Waals surface area contributed by atoms with Crippen LogP contribution in [0, 0.1) is 0 Å². The number of anilines is 1. The Bertz CT molecular complexity index is 906. The van der Waals surface area contributed by atoms with Gasteiger partial charge in [-0.15, -0.1) is 0 Å². The van der Waals surface area contributed by atoms with Crippen LogP contribution in [0.5, 0.6) is 5.75 Å². The molecule has 9 heteroatoms. The van der Waals surface area contributed by atoms with Crippen LogP contribution in [0.2, 0.25) is 10.0 Å². The van der Waals surface area contributed by atoms with Gasteiger partial charge in [-0.2, -0.15) is 0 Å². The third-order valence-corrected chi connectivity index (χ3v) is 4.51. The van der Waals surface area contributed by atoms with Crippen LogP contribution in [-0.4, -0.2) is 24.3 Å². The summed E-state index contributed by atoms with van der Waals surface area (Å²) in [7, 11) is 0. The molecule has 0 bridgehead atoms. The van der Waals surface area contributed by atoms with Crippen LogP contribution >= 0.6 is 23.2 Å². The summed E-state index contributed by atoms with van der Waals surface area (Å²) < 4.78 is 5.56. The van der Waals surface area contributed by atoms with Crippen molar-refractivity contribution in [3.8, 4) is 5.75 Å². The number of benzene rings is 2. The lowest BCUT2D eigenvalue weighted by Crippen LogP contribution is -2.41. The van der Waals surface area contributed by atoms with Crippen LogP contribution in [0.25, 0.3) is 0 Å². The molecule has 0 atom stereocenters. The number of ether oxygens (including phenoxy) is 1. The zero-order valence-corrected chi connectivity index (χ0v) is 18.0. The molecule has 0 saturated heterocycles. The number of amides is 3. The van der Waals surface area contributed by atoms with Gasteiger partial charge in [0.1, 0.15) is 5.75 Å². The van der Waals surface area contributed by atoms with Crippen LogP contribution in [0.4, 0.5) is 5.69 Å². The van der Waals surface area contributed by atoms with Gasteiger partial charge in [-0.1, -0.05) is 42.6 Å². The van der Waals surface area contributed by atoms with Gasteiger partial charge in [-0.25, -0.2) is 0 Å². The Morgan fingerprint density at radius 1 is 0.967 bits per heavy atom. The number of hydrogen-bond acceptors (Lipinski definition) is 4. The van der Waals surface area contributed by atoms with Crippen LogP contribution in [0.3, 0.4) is 0 Å². The second kappa shape index (κ2) is 12.0. The third-order valence-electron chi connectivity index (χ3n) is 3.96. The van der Waals surface area contributed by atoms with Gasteiger partial charge in [0.25, 0.3) is 5.91 Å². The Morgan fingerprint density at radius 3 is 2.47 bits per heavy atom. The van der Waals surface area contributed by atoms with Gasteiger partial charge in [0.2, 0.25) is 11.8 Å². The molecule has 0 radical (unpaired) electrons. The molecule has 0 heterocycles. The van der Waals surface area contributed by atoms with E-state index in [0.29, 0.717) is 33.7 Å². The maximum atomic E-state index is 12.2. The van der Waals surface area contributed by atoms with E-state index in [2.05, 4.69) is 23.1 Å². The van der Waals surface area contributed by atoms with Gasteiger partial charge >= 0.3 is 0 Å². The largest absolute Gasteiger partial charge is 0.494 e. The molecular formula is C21H23Cl2N3O4. The van der Waals surface area contributed by atoms with Crippen molar-refractivity contribution in [1.82, 2.24) is 10.9 Å². The topological polar surface area (TPSA) is 96.5 Å². The summed E-state index contributed by atoms with van der Waals surface area (Å²) in [6, 6.07) is 11.3. The number of halogens is 2. The van der Waals surface area contributed by atoms with E-state index in [1.165, 1.54) is 6.07 Å². The van der Waals surface area contributed by atoms with Crippen molar-refractivity contribution in [2.75, 3.05) is 11.9 Å². The number of unbranched alkanes of at least 4 members (excludes halogenated alkanes) is 1. The van der Waals surface area contributed by atoms with Gasteiger partial charge in [0, 0.05) is 23.4 Å². The molecule has 3 N–H and O–H groups in total. The Morgan fingerprint density at radius 2 is 1.73 bits per heavy atom. The Kier molecular flexibility index (Phi) is 9.44. The fourth-order valence-corrected chi connectivity index (χ4v) is 2.81. The molecule has 0 aliphatic rings. The summed E-state index contributed by atoms with van der Waals surface area (Å²) in [5.41, 5.74) is 5.36. The Balaban J connectivity index is 1.75. The second-order valence-electron chi connectivity index (χ2n) is 6.40. The molecular weight excluding hydrogens is 429 g/mol. The molecule has 3 amide bonds. The van der Waals surface area contributed by atoms with Crippen LogP contribution in [-0.2, 0) is 9.59 Å². The first-order valence-electron chi connectivity index (χ1n) is 9.46. The van der Waals surface area contributed by atoms with Crippen LogP contribution in [0.15, 0.2) is 42.5 Å². The minimum absolute atomic E-state index is 0.0819. The summed E-state index contributed by atoms with van der Waals surface area (Å²) in [6.45, 7) is 2.63. The number of hydrogen-bond donors (Lipinski definition) is 3. The predicted molar refractivity (Wildman–Crippen MR) is 117 cm³/mol. The number of nitrogens with one attached hydrogen (secondary N) is 3. The first kappa shape index (κ1) is 23.5. The molecule has 0 aromatic heterocycles. The fraction of sp³-hybridized carbons (Fsp3) is 0.286. The molecule has 2 rings (SSSR count). The normalized spacial score (nSPS) is 10.2. The van der Waals surface area contributed by atoms with Gasteiger partial charge in [0.05, 0.1) is 17.3 Å². The molecule has 160 valence electrons. The lowest BCUT2D eigenvalue weighted by atomic mass is 10.2. The standard InChI is InChI=1S/C21H23Cl2N3O4/c1-2-3-11-30-16-6-4-5-14(12-16)21(29)26-25-20(28)10-9-19(27)24-18-8-7-15(22)13-17(18)23/h4-8,12-13H,2-3,9-11H2,1H3,(H,24,27)(H,25,28)(H,26,29). The molecule has 0 aliphatic carbocycles. The first-order chi connectivity index (χ1) is 14.4. The average molecular weight is 452 g/mol. The highest BCUT2D eigenvalue weighted by molar-refractivity contribution is 6.36. The first-order valence-corrected chi connectivity index (χ1v) is 10.2. The summed E-state index contributed by atoms with van der Waals surface area (Å²) in [6.07, 6.45) is 1.74. The minimum Gasteiger partial charge on any atom is -0.494 e. The molecule has 0 unspecified atom stereocenters. The zero-order chi connectivity index (χ0) is 21.9. The van der Waals surface area contributed by atoms with Crippen molar-refractivity contribution in [2.24, 2.45) is 0 Å². The predicted octanol–water partition coefficient (Wildman–Crippen LogP) is 4.35. The van der Waals surface area contributed by atoms with Gasteiger partial charge in [-0.05, 0) is 42.8 Å².